The Kier molecular flexibility index (Phi) is 2.10. The first-order valence-corrected chi connectivity index (χ1v) is 6.04. The summed E-state index contributed by atoms with van der Waals surface area (Å²) in [6, 6.07) is 11.8. The molecule has 1 nitrogen and oxygen atoms in total. The van der Waals surface area contributed by atoms with Gasteiger partial charge in [0.2, 0.25) is 0 Å². The van der Waals surface area contributed by atoms with Gasteiger partial charge in [-0.1, -0.05) is 30.3 Å². The molecular weight excluding hydrogens is 182 g/mol. The van der Waals surface area contributed by atoms with E-state index in [4.69, 9.17) is 0 Å². The Morgan fingerprint density at radius 3 is 2.33 bits per heavy atom. The standard InChI is InChI=1S/C14H19N/c1-15-13-9-14(10-13)7-12(8-14)11-5-3-2-4-6-11/h2-6,12-13,15H,7-10H2,1H3. The van der Waals surface area contributed by atoms with Gasteiger partial charge < -0.3 is 5.32 Å². The molecule has 0 heterocycles. The third-order valence-corrected chi connectivity index (χ3v) is 4.40. The first kappa shape index (κ1) is 9.41. The molecule has 0 saturated heterocycles. The van der Waals surface area contributed by atoms with Crippen molar-refractivity contribution >= 4 is 0 Å². The normalized spacial score (nSPS) is 38.5. The summed E-state index contributed by atoms with van der Waals surface area (Å²) in [4.78, 5) is 0. The van der Waals surface area contributed by atoms with E-state index in [1.54, 1.807) is 5.56 Å². The van der Waals surface area contributed by atoms with Gasteiger partial charge in [-0.25, -0.2) is 0 Å². The third kappa shape index (κ3) is 1.50. The highest BCUT2D eigenvalue weighted by Crippen LogP contribution is 2.61. The minimum atomic E-state index is 0.730. The minimum Gasteiger partial charge on any atom is -0.317 e. The lowest BCUT2D eigenvalue weighted by Gasteiger charge is -2.58. The van der Waals surface area contributed by atoms with Crippen molar-refractivity contribution < 1.29 is 0 Å². The fourth-order valence-corrected chi connectivity index (χ4v) is 3.47. The highest BCUT2D eigenvalue weighted by molar-refractivity contribution is 5.25. The molecule has 3 rings (SSSR count). The molecule has 15 heavy (non-hydrogen) atoms. The lowest BCUT2D eigenvalue weighted by Crippen LogP contribution is -2.53. The first-order chi connectivity index (χ1) is 7.31. The van der Waals surface area contributed by atoms with E-state index >= 15 is 0 Å². The maximum Gasteiger partial charge on any atom is 0.00746 e. The Bertz CT molecular complexity index is 330. The molecule has 1 N–H and O–H groups in total. The second-order valence-corrected chi connectivity index (χ2v) is 5.41. The van der Waals surface area contributed by atoms with E-state index in [1.807, 2.05) is 0 Å². The van der Waals surface area contributed by atoms with Crippen LogP contribution in [0.5, 0.6) is 0 Å². The predicted molar refractivity (Wildman–Crippen MR) is 62.9 cm³/mol. The van der Waals surface area contributed by atoms with Crippen molar-refractivity contribution in [3.8, 4) is 0 Å². The second-order valence-electron chi connectivity index (χ2n) is 5.41. The second kappa shape index (κ2) is 3.34. The van der Waals surface area contributed by atoms with E-state index in [2.05, 4.69) is 42.7 Å². The molecule has 2 aliphatic carbocycles. The van der Waals surface area contributed by atoms with Crippen molar-refractivity contribution in [2.45, 2.75) is 37.6 Å². The van der Waals surface area contributed by atoms with Crippen LogP contribution >= 0.6 is 0 Å². The Labute approximate surface area is 91.9 Å². The molecule has 2 fully saturated rings. The lowest BCUT2D eigenvalue weighted by molar-refractivity contribution is -0.0183. The Morgan fingerprint density at radius 1 is 1.07 bits per heavy atom. The molecule has 1 heteroatoms. The molecular formula is C14H19N. The topological polar surface area (TPSA) is 12.0 Å². The summed E-state index contributed by atoms with van der Waals surface area (Å²) < 4.78 is 0. The van der Waals surface area contributed by atoms with Crippen LogP contribution in [0, 0.1) is 5.41 Å². The Hall–Kier alpha value is -0.820. The monoisotopic (exact) mass is 201 g/mol. The summed E-state index contributed by atoms with van der Waals surface area (Å²) in [5.41, 5.74) is 2.28. The summed E-state index contributed by atoms with van der Waals surface area (Å²) >= 11 is 0. The zero-order chi connectivity index (χ0) is 10.3. The number of hydrogen-bond donors (Lipinski definition) is 1. The van der Waals surface area contributed by atoms with E-state index < -0.39 is 0 Å². The molecule has 0 bridgehead atoms. The molecule has 0 atom stereocenters. The van der Waals surface area contributed by atoms with Gasteiger partial charge in [0.25, 0.3) is 0 Å². The largest absolute Gasteiger partial charge is 0.317 e. The van der Waals surface area contributed by atoms with Gasteiger partial charge in [0.05, 0.1) is 0 Å². The molecule has 1 aromatic rings. The minimum absolute atomic E-state index is 0.730. The van der Waals surface area contributed by atoms with Crippen molar-refractivity contribution in [2.24, 2.45) is 5.41 Å². The fraction of sp³-hybridized carbons (Fsp3) is 0.571. The van der Waals surface area contributed by atoms with Crippen molar-refractivity contribution in [1.29, 1.82) is 0 Å². The van der Waals surface area contributed by atoms with Crippen LogP contribution in [-0.4, -0.2) is 13.1 Å². The predicted octanol–water partition coefficient (Wildman–Crippen LogP) is 2.93. The van der Waals surface area contributed by atoms with Gasteiger partial charge in [-0.3, -0.25) is 0 Å². The molecule has 0 unspecified atom stereocenters. The van der Waals surface area contributed by atoms with Crippen LogP contribution in [-0.2, 0) is 0 Å². The maximum absolute atomic E-state index is 3.38. The molecule has 2 aliphatic rings. The van der Waals surface area contributed by atoms with Crippen LogP contribution in [0.3, 0.4) is 0 Å². The van der Waals surface area contributed by atoms with E-state index in [9.17, 15) is 0 Å². The first-order valence-electron chi connectivity index (χ1n) is 6.04. The van der Waals surface area contributed by atoms with Gasteiger partial charge in [0.1, 0.15) is 0 Å². The van der Waals surface area contributed by atoms with Crippen LogP contribution < -0.4 is 5.32 Å². The summed E-state index contributed by atoms with van der Waals surface area (Å²) in [6.07, 6.45) is 5.67. The van der Waals surface area contributed by atoms with E-state index in [0.717, 1.165) is 17.4 Å². The Balaban J connectivity index is 1.59. The third-order valence-electron chi connectivity index (χ3n) is 4.40. The zero-order valence-electron chi connectivity index (χ0n) is 9.37. The number of hydrogen-bond acceptors (Lipinski definition) is 1. The van der Waals surface area contributed by atoms with E-state index in [1.165, 1.54) is 25.7 Å². The molecule has 0 amide bonds. The van der Waals surface area contributed by atoms with Gasteiger partial charge in [-0.15, -0.1) is 0 Å². The molecule has 1 spiro atoms. The average molecular weight is 201 g/mol. The van der Waals surface area contributed by atoms with E-state index in [-0.39, 0.29) is 0 Å². The smallest absolute Gasteiger partial charge is 0.00746 e. The van der Waals surface area contributed by atoms with Crippen molar-refractivity contribution in [3.63, 3.8) is 0 Å². The summed E-state index contributed by atoms with van der Waals surface area (Å²) in [5, 5.41) is 3.38. The van der Waals surface area contributed by atoms with Gasteiger partial charge in [0.15, 0.2) is 0 Å². The van der Waals surface area contributed by atoms with Crippen molar-refractivity contribution in [3.05, 3.63) is 35.9 Å². The van der Waals surface area contributed by atoms with Gasteiger partial charge >= 0.3 is 0 Å². The maximum atomic E-state index is 3.38. The molecule has 0 aromatic heterocycles. The molecule has 2 saturated carbocycles. The highest BCUT2D eigenvalue weighted by atomic mass is 14.9. The van der Waals surface area contributed by atoms with Gasteiger partial charge in [-0.2, -0.15) is 0 Å². The number of benzene rings is 1. The molecule has 80 valence electrons. The number of nitrogens with one attached hydrogen (secondary N) is 1. The average Bonchev–Trinajstić information content (AvgIpc) is 2.16. The van der Waals surface area contributed by atoms with Crippen LogP contribution in [0.2, 0.25) is 0 Å². The molecule has 0 aliphatic heterocycles. The zero-order valence-corrected chi connectivity index (χ0v) is 9.37. The summed E-state index contributed by atoms with van der Waals surface area (Å²) in [5.74, 6) is 0.851. The Morgan fingerprint density at radius 2 is 1.73 bits per heavy atom. The highest BCUT2D eigenvalue weighted by Gasteiger charge is 2.52. The van der Waals surface area contributed by atoms with Crippen LogP contribution in [0.15, 0.2) is 30.3 Å². The van der Waals surface area contributed by atoms with Crippen molar-refractivity contribution in [1.82, 2.24) is 5.32 Å². The fourth-order valence-electron chi connectivity index (χ4n) is 3.47. The summed E-state index contributed by atoms with van der Waals surface area (Å²) in [6.45, 7) is 0. The van der Waals surface area contributed by atoms with Gasteiger partial charge in [-0.05, 0) is 49.6 Å². The van der Waals surface area contributed by atoms with Crippen LogP contribution in [0.25, 0.3) is 0 Å². The van der Waals surface area contributed by atoms with E-state index in [0.29, 0.717) is 0 Å². The molecule has 0 radical (unpaired) electrons. The lowest BCUT2D eigenvalue weighted by atomic mass is 9.49. The van der Waals surface area contributed by atoms with Crippen LogP contribution in [0.1, 0.15) is 37.2 Å². The van der Waals surface area contributed by atoms with Gasteiger partial charge in [0, 0.05) is 6.04 Å². The quantitative estimate of drug-likeness (QED) is 0.775. The SMILES string of the molecule is CNC1CC2(C1)CC(c1ccccc1)C2. The summed E-state index contributed by atoms with van der Waals surface area (Å²) in [7, 11) is 2.09. The molecule has 1 aromatic carbocycles. The van der Waals surface area contributed by atoms with Crippen LogP contribution in [0.4, 0.5) is 0 Å². The van der Waals surface area contributed by atoms with Crippen molar-refractivity contribution in [2.75, 3.05) is 7.05 Å². The number of rotatable bonds is 2.